The van der Waals surface area contributed by atoms with Crippen molar-refractivity contribution in [2.75, 3.05) is 11.9 Å². The van der Waals surface area contributed by atoms with Gasteiger partial charge in [0.1, 0.15) is 0 Å². The number of nitrogens with one attached hydrogen (secondary N) is 2. The maximum Gasteiger partial charge on any atom is 0.241 e. The van der Waals surface area contributed by atoms with Crippen molar-refractivity contribution in [2.24, 2.45) is 0 Å². The number of anilines is 1. The number of para-hydroxylation sites is 1. The molecule has 1 heterocycles. The van der Waals surface area contributed by atoms with Crippen LogP contribution >= 0.6 is 11.6 Å². The number of hydrogen-bond acceptors (Lipinski definition) is 3. The molecule has 2 rings (SSSR count). The van der Waals surface area contributed by atoms with Crippen molar-refractivity contribution in [3.63, 3.8) is 0 Å². The average molecular weight is 241 g/mol. The zero-order valence-electron chi connectivity index (χ0n) is 8.61. The zero-order valence-corrected chi connectivity index (χ0v) is 9.37. The van der Waals surface area contributed by atoms with Crippen molar-refractivity contribution in [1.82, 2.24) is 5.32 Å². The molecular weight excluding hydrogens is 228 g/mol. The summed E-state index contributed by atoms with van der Waals surface area (Å²) in [6, 6.07) is 6.72. The zero-order chi connectivity index (χ0) is 11.5. The molecule has 16 heavy (non-hydrogen) atoms. The van der Waals surface area contributed by atoms with Crippen LogP contribution in [0.1, 0.15) is 6.42 Å². The van der Waals surface area contributed by atoms with Crippen molar-refractivity contribution in [3.8, 4) is 0 Å². The van der Waals surface area contributed by atoms with Gasteiger partial charge < -0.3 is 15.7 Å². The number of carbonyl (C=O) groups excluding carboxylic acids is 1. The number of hydrogen-bond donors (Lipinski definition) is 3. The van der Waals surface area contributed by atoms with Crippen molar-refractivity contribution in [1.29, 1.82) is 0 Å². The second-order valence-corrected chi connectivity index (χ2v) is 4.23. The van der Waals surface area contributed by atoms with Gasteiger partial charge in [-0.15, -0.1) is 0 Å². The number of halogens is 1. The SMILES string of the molecule is O=C(Nc1ccccc1Cl)C1CC(O)CN1. The van der Waals surface area contributed by atoms with Crippen LogP contribution in [0.5, 0.6) is 0 Å². The third-order valence-corrected chi connectivity index (χ3v) is 2.89. The fourth-order valence-corrected chi connectivity index (χ4v) is 1.88. The molecule has 2 atom stereocenters. The molecule has 0 radical (unpaired) electrons. The number of β-amino-alcohol motifs (C(OH)–C–C–N with tert-alkyl or cyclic N) is 1. The molecule has 1 aromatic carbocycles. The molecule has 2 unspecified atom stereocenters. The van der Waals surface area contributed by atoms with Gasteiger partial charge in [0.25, 0.3) is 0 Å². The molecule has 0 bridgehead atoms. The predicted octanol–water partition coefficient (Wildman–Crippen LogP) is 1.00. The summed E-state index contributed by atoms with van der Waals surface area (Å²) in [5.74, 6) is -0.162. The van der Waals surface area contributed by atoms with E-state index in [-0.39, 0.29) is 11.9 Å². The monoisotopic (exact) mass is 240 g/mol. The minimum absolute atomic E-state index is 0.162. The fourth-order valence-electron chi connectivity index (χ4n) is 1.70. The number of aliphatic hydroxyl groups is 1. The first-order valence-electron chi connectivity index (χ1n) is 5.13. The lowest BCUT2D eigenvalue weighted by atomic mass is 10.2. The number of benzene rings is 1. The second-order valence-electron chi connectivity index (χ2n) is 3.82. The Labute approximate surface area is 98.6 Å². The van der Waals surface area contributed by atoms with Gasteiger partial charge in [0.05, 0.1) is 22.9 Å². The van der Waals surface area contributed by atoms with E-state index in [1.165, 1.54) is 0 Å². The summed E-state index contributed by atoms with van der Waals surface area (Å²) in [5.41, 5.74) is 0.595. The largest absolute Gasteiger partial charge is 0.392 e. The molecule has 0 aromatic heterocycles. The Morgan fingerprint density at radius 3 is 2.88 bits per heavy atom. The average Bonchev–Trinajstić information content (AvgIpc) is 2.68. The summed E-state index contributed by atoms with van der Waals surface area (Å²) < 4.78 is 0. The van der Waals surface area contributed by atoms with E-state index in [9.17, 15) is 9.90 Å². The highest BCUT2D eigenvalue weighted by atomic mass is 35.5. The Bertz CT molecular complexity index is 397. The van der Waals surface area contributed by atoms with E-state index in [1.807, 2.05) is 0 Å². The lowest BCUT2D eigenvalue weighted by Gasteiger charge is -2.11. The first-order chi connectivity index (χ1) is 7.66. The highest BCUT2D eigenvalue weighted by Gasteiger charge is 2.28. The Balaban J connectivity index is 2.00. The molecule has 1 aliphatic rings. The molecule has 1 fully saturated rings. The van der Waals surface area contributed by atoms with E-state index in [4.69, 9.17) is 11.6 Å². The van der Waals surface area contributed by atoms with Crippen LogP contribution in [0.25, 0.3) is 0 Å². The molecule has 1 aliphatic heterocycles. The predicted molar refractivity (Wildman–Crippen MR) is 62.5 cm³/mol. The molecule has 0 aliphatic carbocycles. The van der Waals surface area contributed by atoms with Crippen molar-refractivity contribution < 1.29 is 9.90 Å². The van der Waals surface area contributed by atoms with E-state index in [0.717, 1.165) is 0 Å². The Morgan fingerprint density at radius 2 is 2.25 bits per heavy atom. The maximum absolute atomic E-state index is 11.8. The number of rotatable bonds is 2. The standard InChI is InChI=1S/C11H13ClN2O2/c12-8-3-1-2-4-9(8)14-11(16)10-5-7(15)6-13-10/h1-4,7,10,13,15H,5-6H2,(H,14,16). The fraction of sp³-hybridized carbons (Fsp3) is 0.364. The molecule has 0 saturated carbocycles. The molecule has 86 valence electrons. The van der Waals surface area contributed by atoms with Gasteiger partial charge in [-0.1, -0.05) is 23.7 Å². The molecule has 1 saturated heterocycles. The molecule has 3 N–H and O–H groups in total. The summed E-state index contributed by atoms with van der Waals surface area (Å²) >= 11 is 5.92. The van der Waals surface area contributed by atoms with Gasteiger partial charge >= 0.3 is 0 Å². The summed E-state index contributed by atoms with van der Waals surface area (Å²) in [4.78, 5) is 11.8. The lowest BCUT2D eigenvalue weighted by molar-refractivity contribution is -0.117. The van der Waals surface area contributed by atoms with Gasteiger partial charge in [-0.2, -0.15) is 0 Å². The molecule has 1 aromatic rings. The smallest absolute Gasteiger partial charge is 0.241 e. The van der Waals surface area contributed by atoms with Gasteiger partial charge in [-0.25, -0.2) is 0 Å². The van der Waals surface area contributed by atoms with E-state index >= 15 is 0 Å². The van der Waals surface area contributed by atoms with Crippen LogP contribution in [0.4, 0.5) is 5.69 Å². The summed E-state index contributed by atoms with van der Waals surface area (Å²) in [5, 5.41) is 15.5. The quantitative estimate of drug-likeness (QED) is 0.723. The molecule has 5 heteroatoms. The van der Waals surface area contributed by atoms with Crippen LogP contribution in [-0.2, 0) is 4.79 Å². The number of amides is 1. The highest BCUT2D eigenvalue weighted by Crippen LogP contribution is 2.21. The highest BCUT2D eigenvalue weighted by molar-refractivity contribution is 6.33. The summed E-state index contributed by atoms with van der Waals surface area (Å²) in [6.45, 7) is 0.459. The van der Waals surface area contributed by atoms with Crippen LogP contribution in [-0.4, -0.2) is 29.7 Å². The Hall–Kier alpha value is -1.10. The van der Waals surface area contributed by atoms with Gasteiger partial charge in [-0.3, -0.25) is 4.79 Å². The van der Waals surface area contributed by atoms with Crippen LogP contribution < -0.4 is 10.6 Å². The minimum atomic E-state index is -0.443. The third kappa shape index (κ3) is 2.52. The van der Waals surface area contributed by atoms with Crippen molar-refractivity contribution >= 4 is 23.2 Å². The Morgan fingerprint density at radius 1 is 1.50 bits per heavy atom. The van der Waals surface area contributed by atoms with Crippen LogP contribution in [0.3, 0.4) is 0 Å². The van der Waals surface area contributed by atoms with E-state index < -0.39 is 6.10 Å². The van der Waals surface area contributed by atoms with Gasteiger partial charge in [0.2, 0.25) is 5.91 Å². The van der Waals surface area contributed by atoms with E-state index in [1.54, 1.807) is 24.3 Å². The van der Waals surface area contributed by atoms with E-state index in [0.29, 0.717) is 23.7 Å². The maximum atomic E-state index is 11.8. The third-order valence-electron chi connectivity index (χ3n) is 2.56. The van der Waals surface area contributed by atoms with Crippen LogP contribution in [0, 0.1) is 0 Å². The molecular formula is C11H13ClN2O2. The normalized spacial score (nSPS) is 24.4. The topological polar surface area (TPSA) is 61.4 Å². The van der Waals surface area contributed by atoms with Crippen LogP contribution in [0.2, 0.25) is 5.02 Å². The molecule has 1 amide bonds. The Kier molecular flexibility index (Phi) is 3.43. The van der Waals surface area contributed by atoms with E-state index in [2.05, 4.69) is 10.6 Å². The summed E-state index contributed by atoms with van der Waals surface area (Å²) in [6.07, 6.45) is -0.00184. The lowest BCUT2D eigenvalue weighted by Crippen LogP contribution is -2.35. The number of aliphatic hydroxyl groups excluding tert-OH is 1. The first-order valence-corrected chi connectivity index (χ1v) is 5.51. The summed E-state index contributed by atoms with van der Waals surface area (Å²) in [7, 11) is 0. The molecule has 4 nitrogen and oxygen atoms in total. The van der Waals surface area contributed by atoms with Crippen molar-refractivity contribution in [3.05, 3.63) is 29.3 Å². The van der Waals surface area contributed by atoms with Crippen LogP contribution in [0.15, 0.2) is 24.3 Å². The minimum Gasteiger partial charge on any atom is -0.392 e. The molecule has 0 spiro atoms. The van der Waals surface area contributed by atoms with Gasteiger partial charge in [0.15, 0.2) is 0 Å². The van der Waals surface area contributed by atoms with Crippen molar-refractivity contribution in [2.45, 2.75) is 18.6 Å². The first kappa shape index (κ1) is 11.4. The van der Waals surface area contributed by atoms with Gasteiger partial charge in [0, 0.05) is 6.54 Å². The second kappa shape index (κ2) is 4.82. The van der Waals surface area contributed by atoms with Gasteiger partial charge in [-0.05, 0) is 18.6 Å². The number of carbonyl (C=O) groups is 1.